The van der Waals surface area contributed by atoms with Crippen molar-refractivity contribution in [3.05, 3.63) is 358 Å². The summed E-state index contributed by atoms with van der Waals surface area (Å²) in [5.74, 6) is 4.23. The van der Waals surface area contributed by atoms with Crippen molar-refractivity contribution in [2.24, 2.45) is 0 Å². The number of benzene rings is 8. The highest BCUT2D eigenvalue weighted by Crippen LogP contribution is 2.51. The molecule has 0 atom stereocenters. The van der Waals surface area contributed by atoms with E-state index in [1.165, 1.54) is 0 Å². The molecule has 4 heteroatoms. The van der Waals surface area contributed by atoms with Gasteiger partial charge in [-0.05, 0) is 121 Å². The first-order valence-corrected chi connectivity index (χ1v) is 24.6. The molecule has 4 aromatic heterocycles. The van der Waals surface area contributed by atoms with Crippen LogP contribution >= 0.6 is 0 Å². The van der Waals surface area contributed by atoms with E-state index in [0.717, 1.165) is 136 Å². The first-order chi connectivity index (χ1) is 35.8. The second-order valence-electron chi connectivity index (χ2n) is 18.2. The van der Waals surface area contributed by atoms with Crippen LogP contribution in [0.4, 0.5) is 0 Å². The molecule has 8 aromatic carbocycles. The monoisotopic (exact) mass is 920 g/mol. The first kappa shape index (κ1) is 42.5. The summed E-state index contributed by atoms with van der Waals surface area (Å²) in [6, 6.07) is 95.8. The van der Waals surface area contributed by atoms with E-state index >= 15 is 0 Å². The standard InChI is InChI=1S/C68H48N4/c1-9-25-45(26-10-1)57-53-41-42-54(69-53)58(46-27-11-2-12-28-46)67-63(51-37-21-7-22-38-51)64(52-39-23-8-24-40-52)68(72-67)60(48-31-15-4-16-32-48)56-44-43-55(70-56)59(47-29-13-3-14-30-47)66-62(50-35-19-6-20-36-50)61(65(57)71-66)49-33-17-5-18-34-49/h1-44,69-72H/q+4. The van der Waals surface area contributed by atoms with Gasteiger partial charge in [-0.15, -0.1) is 0 Å². The second-order valence-corrected chi connectivity index (χ2v) is 18.2. The molecule has 5 heterocycles. The molecule has 0 aliphatic carbocycles. The summed E-state index contributed by atoms with van der Waals surface area (Å²) in [5, 5.41) is 0. The highest BCUT2D eigenvalue weighted by Gasteiger charge is 2.44. The summed E-state index contributed by atoms with van der Waals surface area (Å²) in [6.07, 6.45) is 0. The zero-order valence-corrected chi connectivity index (χ0v) is 39.4. The highest BCUT2D eigenvalue weighted by molar-refractivity contribution is 5.94. The number of hydrogen-bond donors (Lipinski definition) is 4. The molecule has 0 saturated heterocycles. The van der Waals surface area contributed by atoms with Crippen LogP contribution in [0.1, 0.15) is 67.8 Å². The smallest absolute Gasteiger partial charge is 0.135 e. The van der Waals surface area contributed by atoms with Crippen LogP contribution in [0.3, 0.4) is 0 Å². The molecule has 1 aliphatic rings. The van der Waals surface area contributed by atoms with Gasteiger partial charge in [0.1, 0.15) is 91.5 Å². The highest BCUT2D eigenvalue weighted by atomic mass is 14.9. The minimum atomic E-state index is 0.984. The molecule has 12 aromatic rings. The van der Waals surface area contributed by atoms with Crippen molar-refractivity contribution in [3.63, 3.8) is 0 Å². The lowest BCUT2D eigenvalue weighted by molar-refractivity contribution is 1.01. The normalized spacial score (nSPS) is 12.3. The Morgan fingerprint density at radius 2 is 0.361 bits per heavy atom. The maximum atomic E-state index is 4.24. The van der Waals surface area contributed by atoms with Crippen molar-refractivity contribution in [2.45, 2.75) is 0 Å². The average Bonchev–Trinajstić information content (AvgIpc) is 4.29. The van der Waals surface area contributed by atoms with Gasteiger partial charge in [0.15, 0.2) is 0 Å². The number of rotatable bonds is 8. The maximum absolute atomic E-state index is 4.24. The zero-order chi connectivity index (χ0) is 47.8. The lowest BCUT2D eigenvalue weighted by Gasteiger charge is -2.14. The molecule has 4 N–H and O–H groups in total. The summed E-state index contributed by atoms with van der Waals surface area (Å²) in [4.78, 5) is 16.7. The van der Waals surface area contributed by atoms with Crippen LogP contribution in [0, 0.1) is 23.7 Å². The Balaban J connectivity index is 1.21. The molecule has 0 amide bonds. The predicted molar refractivity (Wildman–Crippen MR) is 293 cm³/mol. The molecule has 0 spiro atoms. The van der Waals surface area contributed by atoms with E-state index in [0.29, 0.717) is 0 Å². The fourth-order valence-electron chi connectivity index (χ4n) is 10.9. The van der Waals surface area contributed by atoms with Crippen molar-refractivity contribution < 1.29 is 0 Å². The number of H-pyrrole nitrogens is 4. The van der Waals surface area contributed by atoms with Gasteiger partial charge in [-0.1, -0.05) is 72.8 Å². The maximum Gasteiger partial charge on any atom is 0.135 e. The number of aromatic nitrogens is 4. The van der Waals surface area contributed by atoms with E-state index in [-0.39, 0.29) is 0 Å². The van der Waals surface area contributed by atoms with Crippen LogP contribution in [0.15, 0.2) is 267 Å². The molecule has 1 aliphatic heterocycles. The van der Waals surface area contributed by atoms with Crippen molar-refractivity contribution in [1.82, 2.24) is 19.9 Å². The van der Waals surface area contributed by atoms with Gasteiger partial charge in [0.25, 0.3) is 0 Å². The van der Waals surface area contributed by atoms with Crippen LogP contribution in [0.25, 0.3) is 44.5 Å². The van der Waals surface area contributed by atoms with Crippen LogP contribution in [-0.4, -0.2) is 19.9 Å². The van der Waals surface area contributed by atoms with Crippen LogP contribution < -0.4 is 0 Å². The van der Waals surface area contributed by atoms with Gasteiger partial charge in [-0.2, -0.15) is 0 Å². The minimum Gasteiger partial charge on any atom is -0.327 e. The molecule has 13 rings (SSSR count). The van der Waals surface area contributed by atoms with Gasteiger partial charge in [0.2, 0.25) is 0 Å². The molecule has 0 radical (unpaired) electrons. The van der Waals surface area contributed by atoms with E-state index in [1.807, 2.05) is 0 Å². The lowest BCUT2D eigenvalue weighted by atomic mass is 9.83. The first-order valence-electron chi connectivity index (χ1n) is 24.6. The van der Waals surface area contributed by atoms with Crippen LogP contribution in [0.2, 0.25) is 0 Å². The van der Waals surface area contributed by atoms with Gasteiger partial charge >= 0.3 is 0 Å². The van der Waals surface area contributed by atoms with Gasteiger partial charge < -0.3 is 19.9 Å². The molecule has 336 valence electrons. The van der Waals surface area contributed by atoms with E-state index < -0.39 is 0 Å². The third-order valence-electron chi connectivity index (χ3n) is 13.9. The van der Waals surface area contributed by atoms with E-state index in [9.17, 15) is 0 Å². The minimum absolute atomic E-state index is 0.984. The van der Waals surface area contributed by atoms with E-state index in [1.54, 1.807) is 0 Å². The summed E-state index contributed by atoms with van der Waals surface area (Å²) >= 11 is 0. The van der Waals surface area contributed by atoms with Gasteiger partial charge in [0.05, 0.1) is 46.5 Å². The Kier molecular flexibility index (Phi) is 10.8. The van der Waals surface area contributed by atoms with Gasteiger partial charge in [-0.25, -0.2) is 0 Å². The lowest BCUT2D eigenvalue weighted by Crippen LogP contribution is -2.12. The quantitative estimate of drug-likeness (QED) is 0.110. The second kappa shape index (κ2) is 18.4. The summed E-state index contributed by atoms with van der Waals surface area (Å²) < 4.78 is 0. The SMILES string of the molecule is c1ccc(-c2c3[nH]c(c2-c2ccccc2)[C+](c2ccccc2)c2ccc([nH]2)[C+](c2ccccc2)c2[nH]c(c(-c4ccccc4)c2-c2ccccc2)[C+](c2ccccc2)c2ccc([nH]2)[C+]3c2ccccc2)cc1. The fraction of sp³-hybridized carbons (Fsp3) is 0. The topological polar surface area (TPSA) is 63.2 Å². The van der Waals surface area contributed by atoms with Crippen molar-refractivity contribution in [1.29, 1.82) is 0 Å². The molecular weight excluding hydrogens is 873 g/mol. The van der Waals surface area contributed by atoms with Gasteiger partial charge in [-0.3, -0.25) is 0 Å². The number of fused-ring (bicyclic) bond motifs is 8. The third kappa shape index (κ3) is 7.50. The molecule has 0 fully saturated rings. The Labute approximate surface area is 420 Å². The molecule has 0 unspecified atom stereocenters. The van der Waals surface area contributed by atoms with E-state index in [2.05, 4.69) is 287 Å². The Hall–Kier alpha value is -9.64. The van der Waals surface area contributed by atoms with Crippen molar-refractivity contribution in [3.8, 4) is 44.5 Å². The van der Waals surface area contributed by atoms with Crippen molar-refractivity contribution >= 4 is 0 Å². The Morgan fingerprint density at radius 1 is 0.181 bits per heavy atom. The number of hydrogen-bond acceptors (Lipinski definition) is 0. The molecule has 0 saturated carbocycles. The predicted octanol–water partition coefficient (Wildman–Crippen LogP) is 16.1. The Morgan fingerprint density at radius 3 is 0.556 bits per heavy atom. The summed E-state index contributed by atoms with van der Waals surface area (Å²) in [7, 11) is 0. The molecule has 72 heavy (non-hydrogen) atoms. The number of nitrogens with one attached hydrogen (secondary N) is 4. The fourth-order valence-corrected chi connectivity index (χ4v) is 10.9. The molecule has 8 bridgehead atoms. The van der Waals surface area contributed by atoms with Gasteiger partial charge in [0, 0.05) is 70.8 Å². The van der Waals surface area contributed by atoms with Crippen LogP contribution in [-0.2, 0) is 0 Å². The molecule has 4 nitrogen and oxygen atoms in total. The largest absolute Gasteiger partial charge is 0.327 e. The Bertz CT molecular complexity index is 3230. The summed E-state index contributed by atoms with van der Waals surface area (Å²) in [6.45, 7) is 0. The van der Waals surface area contributed by atoms with Crippen LogP contribution in [0.5, 0.6) is 0 Å². The third-order valence-corrected chi connectivity index (χ3v) is 13.9. The number of aromatic amines is 4. The summed E-state index contributed by atoms with van der Waals surface area (Å²) in [5.41, 5.74) is 21.3. The average molecular weight is 921 g/mol. The molecular formula is C68H48N4+4. The van der Waals surface area contributed by atoms with E-state index in [4.69, 9.17) is 0 Å². The van der Waals surface area contributed by atoms with Crippen molar-refractivity contribution in [2.75, 3.05) is 0 Å². The zero-order valence-electron chi connectivity index (χ0n) is 39.4.